The van der Waals surface area contributed by atoms with Crippen LogP contribution in [0.2, 0.25) is 0 Å². The lowest BCUT2D eigenvalue weighted by Gasteiger charge is -2.25. The van der Waals surface area contributed by atoms with Crippen LogP contribution in [0.1, 0.15) is 16.4 Å². The Morgan fingerprint density at radius 1 is 1.23 bits per heavy atom. The number of nitrogens with one attached hydrogen (secondary N) is 1. The molecule has 0 spiro atoms. The first-order valence-corrected chi connectivity index (χ1v) is 9.48. The summed E-state index contributed by atoms with van der Waals surface area (Å²) in [5.74, 6) is 0.457. The van der Waals surface area contributed by atoms with Crippen LogP contribution in [0.4, 0.5) is 5.69 Å². The first kappa shape index (κ1) is 18.8. The largest absolute Gasteiger partial charge is 0.497 e. The summed E-state index contributed by atoms with van der Waals surface area (Å²) < 4.78 is 5.36. The van der Waals surface area contributed by atoms with Crippen molar-refractivity contribution in [1.29, 1.82) is 0 Å². The summed E-state index contributed by atoms with van der Waals surface area (Å²) in [7, 11) is 3.47. The number of likely N-dealkylation sites (N-methyl/N-ethyl adjacent to an activating group) is 1. The number of rotatable bonds is 5. The van der Waals surface area contributed by atoms with Crippen LogP contribution in [0.5, 0.6) is 5.75 Å². The monoisotopic (exact) mass is 372 g/mol. The minimum atomic E-state index is -1.11. The lowest BCUT2D eigenvalue weighted by molar-refractivity contribution is -0.126. The molecule has 26 heavy (non-hydrogen) atoms. The van der Waals surface area contributed by atoms with E-state index in [1.165, 1.54) is 11.8 Å². The first-order valence-electron chi connectivity index (χ1n) is 8.60. The van der Waals surface area contributed by atoms with E-state index < -0.39 is 6.10 Å². The van der Waals surface area contributed by atoms with Gasteiger partial charge in [0, 0.05) is 18.0 Å². The maximum absolute atomic E-state index is 13.0. The number of benzene rings is 2. The number of hydrogen-bond acceptors (Lipinski definition) is 5. The molecule has 2 aromatic rings. The van der Waals surface area contributed by atoms with E-state index in [4.69, 9.17) is 4.74 Å². The number of nitrogens with zero attached hydrogens (tertiary/aromatic N) is 1. The third-order valence-corrected chi connectivity index (χ3v) is 5.87. The van der Waals surface area contributed by atoms with Crippen molar-refractivity contribution in [3.05, 3.63) is 53.6 Å². The molecular formula is C20H24N2O3S. The van der Waals surface area contributed by atoms with E-state index in [1.54, 1.807) is 12.0 Å². The van der Waals surface area contributed by atoms with Crippen LogP contribution in [-0.2, 0) is 4.79 Å². The summed E-state index contributed by atoms with van der Waals surface area (Å²) >= 11 is 1.50. The predicted molar refractivity (Wildman–Crippen MR) is 105 cm³/mol. The fourth-order valence-electron chi connectivity index (χ4n) is 3.01. The molecule has 2 atom stereocenters. The Hall–Kier alpha value is -2.02. The van der Waals surface area contributed by atoms with Crippen LogP contribution < -0.4 is 15.0 Å². The number of aliphatic hydroxyl groups excluding tert-OH is 1. The smallest absolute Gasteiger partial charge is 0.257 e. The SMILES string of the molecule is CNCCN1C(=O)[C@@H](O)[C@@H](c2ccc(C)cc2)Sc2cc(OC)ccc21. The highest BCUT2D eigenvalue weighted by molar-refractivity contribution is 7.99. The normalized spacial score (nSPS) is 19.8. The summed E-state index contributed by atoms with van der Waals surface area (Å²) in [4.78, 5) is 15.6. The molecule has 6 heteroatoms. The van der Waals surface area contributed by atoms with E-state index in [0.717, 1.165) is 27.5 Å². The molecule has 0 unspecified atom stereocenters. The summed E-state index contributed by atoms with van der Waals surface area (Å²) in [6.45, 7) is 3.15. The Kier molecular flexibility index (Phi) is 5.86. The Morgan fingerprint density at radius 3 is 2.62 bits per heavy atom. The van der Waals surface area contributed by atoms with E-state index >= 15 is 0 Å². The second kappa shape index (κ2) is 8.12. The van der Waals surface area contributed by atoms with Crippen molar-refractivity contribution in [2.75, 3.05) is 32.1 Å². The number of amides is 1. The molecule has 0 radical (unpaired) electrons. The topological polar surface area (TPSA) is 61.8 Å². The Labute approximate surface area is 158 Å². The zero-order valence-corrected chi connectivity index (χ0v) is 16.0. The van der Waals surface area contributed by atoms with Gasteiger partial charge in [-0.2, -0.15) is 0 Å². The van der Waals surface area contributed by atoms with Crippen molar-refractivity contribution in [3.8, 4) is 5.75 Å². The number of methoxy groups -OCH3 is 1. The van der Waals surface area contributed by atoms with Crippen LogP contribution in [0.15, 0.2) is 47.4 Å². The van der Waals surface area contributed by atoms with Gasteiger partial charge in [-0.25, -0.2) is 0 Å². The van der Waals surface area contributed by atoms with Crippen molar-refractivity contribution in [2.24, 2.45) is 0 Å². The van der Waals surface area contributed by atoms with Crippen LogP contribution >= 0.6 is 11.8 Å². The molecule has 1 aliphatic rings. The summed E-state index contributed by atoms with van der Waals surface area (Å²) in [5, 5.41) is 13.5. The minimum Gasteiger partial charge on any atom is -0.497 e. The Balaban J connectivity index is 2.05. The first-order chi connectivity index (χ1) is 12.5. The van der Waals surface area contributed by atoms with Gasteiger partial charge in [0.2, 0.25) is 0 Å². The van der Waals surface area contributed by atoms with E-state index in [2.05, 4.69) is 5.32 Å². The van der Waals surface area contributed by atoms with Crippen LogP contribution in [0.25, 0.3) is 0 Å². The number of anilines is 1. The molecule has 1 heterocycles. The summed E-state index contributed by atoms with van der Waals surface area (Å²) in [6.07, 6.45) is -1.11. The van der Waals surface area contributed by atoms with Gasteiger partial charge in [-0.15, -0.1) is 11.8 Å². The molecule has 2 N–H and O–H groups in total. The third-order valence-electron chi connectivity index (χ3n) is 4.51. The molecule has 5 nitrogen and oxygen atoms in total. The van der Waals surface area contributed by atoms with E-state index in [0.29, 0.717) is 13.1 Å². The van der Waals surface area contributed by atoms with Crippen molar-refractivity contribution in [2.45, 2.75) is 23.2 Å². The zero-order valence-electron chi connectivity index (χ0n) is 15.2. The highest BCUT2D eigenvalue weighted by Gasteiger charge is 2.37. The Morgan fingerprint density at radius 2 is 1.96 bits per heavy atom. The van der Waals surface area contributed by atoms with Gasteiger partial charge >= 0.3 is 0 Å². The van der Waals surface area contributed by atoms with E-state index in [9.17, 15) is 9.90 Å². The van der Waals surface area contributed by atoms with Crippen molar-refractivity contribution < 1.29 is 14.6 Å². The predicted octanol–water partition coefficient (Wildman–Crippen LogP) is 2.76. The maximum Gasteiger partial charge on any atom is 0.257 e. The van der Waals surface area contributed by atoms with Gasteiger partial charge in [0.15, 0.2) is 0 Å². The molecule has 0 aliphatic carbocycles. The standard InChI is InChI=1S/C20H24N2O3S/c1-13-4-6-14(7-5-13)19-18(23)20(24)22(11-10-21-2)16-9-8-15(25-3)12-17(16)26-19/h4-9,12,18-19,21,23H,10-11H2,1-3H3/t18-,19+/m0/s1. The average molecular weight is 372 g/mol. The zero-order chi connectivity index (χ0) is 18.7. The third kappa shape index (κ3) is 3.72. The van der Waals surface area contributed by atoms with Gasteiger partial charge in [0.1, 0.15) is 11.9 Å². The maximum atomic E-state index is 13.0. The number of thioether (sulfide) groups is 1. The number of aliphatic hydroxyl groups is 1. The molecule has 0 fully saturated rings. The van der Waals surface area contributed by atoms with Crippen LogP contribution in [0, 0.1) is 6.92 Å². The number of hydrogen-bond donors (Lipinski definition) is 2. The summed E-state index contributed by atoms with van der Waals surface area (Å²) in [6, 6.07) is 13.6. The highest BCUT2D eigenvalue weighted by atomic mass is 32.2. The molecule has 0 saturated heterocycles. The van der Waals surface area contributed by atoms with Crippen LogP contribution in [-0.4, -0.2) is 44.4 Å². The van der Waals surface area contributed by atoms with Gasteiger partial charge in [-0.3, -0.25) is 4.79 Å². The molecule has 3 rings (SSSR count). The van der Waals surface area contributed by atoms with Crippen molar-refractivity contribution in [1.82, 2.24) is 5.32 Å². The minimum absolute atomic E-state index is 0.276. The van der Waals surface area contributed by atoms with Gasteiger partial charge < -0.3 is 20.1 Å². The second-order valence-corrected chi connectivity index (χ2v) is 7.50. The molecule has 0 aromatic heterocycles. The van der Waals surface area contributed by atoms with Gasteiger partial charge in [-0.05, 0) is 37.7 Å². The fraction of sp³-hybridized carbons (Fsp3) is 0.350. The average Bonchev–Trinajstić information content (AvgIpc) is 2.76. The molecule has 1 amide bonds. The van der Waals surface area contributed by atoms with Gasteiger partial charge in [-0.1, -0.05) is 29.8 Å². The quantitative estimate of drug-likeness (QED) is 0.845. The second-order valence-electron chi connectivity index (χ2n) is 6.32. The summed E-state index contributed by atoms with van der Waals surface area (Å²) in [5.41, 5.74) is 2.89. The van der Waals surface area contributed by atoms with E-state index in [1.807, 2.05) is 56.4 Å². The number of carbonyl (C=O) groups excluding carboxylic acids is 1. The van der Waals surface area contributed by atoms with E-state index in [-0.39, 0.29) is 11.2 Å². The van der Waals surface area contributed by atoms with Crippen LogP contribution in [0.3, 0.4) is 0 Å². The molecule has 2 aromatic carbocycles. The molecular weight excluding hydrogens is 348 g/mol. The number of ether oxygens (including phenoxy) is 1. The number of aryl methyl sites for hydroxylation is 1. The molecule has 0 saturated carbocycles. The highest BCUT2D eigenvalue weighted by Crippen LogP contribution is 2.46. The molecule has 138 valence electrons. The van der Waals surface area contributed by atoms with Crippen molar-refractivity contribution >= 4 is 23.4 Å². The molecule has 1 aliphatic heterocycles. The van der Waals surface area contributed by atoms with Gasteiger partial charge in [0.05, 0.1) is 18.0 Å². The number of fused-ring (bicyclic) bond motifs is 1. The Bertz CT molecular complexity index is 779. The fourth-order valence-corrected chi connectivity index (χ4v) is 4.30. The number of carbonyl (C=O) groups is 1. The van der Waals surface area contributed by atoms with Gasteiger partial charge in [0.25, 0.3) is 5.91 Å². The van der Waals surface area contributed by atoms with Crippen molar-refractivity contribution in [3.63, 3.8) is 0 Å². The lowest BCUT2D eigenvalue weighted by atomic mass is 10.0. The molecule has 0 bridgehead atoms. The lowest BCUT2D eigenvalue weighted by Crippen LogP contribution is -2.43.